The van der Waals surface area contributed by atoms with Gasteiger partial charge < -0.3 is 14.8 Å². The number of fused-ring (bicyclic) bond motifs is 1. The highest BCUT2D eigenvalue weighted by molar-refractivity contribution is 8.04. The topological polar surface area (TPSA) is 88.0 Å². The zero-order valence-electron chi connectivity index (χ0n) is 18.6. The number of rotatable bonds is 8. The molecule has 8 nitrogen and oxygen atoms in total. The number of para-hydroxylation sites is 1. The van der Waals surface area contributed by atoms with E-state index in [4.69, 9.17) is 9.47 Å². The van der Waals surface area contributed by atoms with E-state index in [1.54, 1.807) is 35.7 Å². The van der Waals surface area contributed by atoms with Gasteiger partial charge in [-0.1, -0.05) is 30.3 Å². The third-order valence-corrected chi connectivity index (χ3v) is 6.54. The van der Waals surface area contributed by atoms with Crippen LogP contribution in [0.3, 0.4) is 0 Å². The standard InChI is InChI=1S/C24H22FN3O5S/c1-32-19-9-5-7-15(21(19)33-2)12-26-20(29)14-27-18-10-11-34-22(18)23(30)28(24(27)31)13-16-6-3-4-8-17(16)25/h3-11,22H,12-14H2,1-2H3/p+1. The van der Waals surface area contributed by atoms with E-state index in [1.807, 2.05) is 0 Å². The van der Waals surface area contributed by atoms with Gasteiger partial charge in [-0.05, 0) is 23.6 Å². The number of allylic oxidation sites excluding steroid dienone is 1. The molecule has 2 aromatic rings. The number of ether oxygens (including phenoxy) is 2. The average molecular weight is 485 g/mol. The van der Waals surface area contributed by atoms with Crippen LogP contribution in [-0.4, -0.2) is 59.0 Å². The number of thioether (sulfide) groups is 1. The summed E-state index contributed by atoms with van der Waals surface area (Å²) in [5.41, 5.74) is 1.37. The number of urea groups is 1. The lowest BCUT2D eigenvalue weighted by Crippen LogP contribution is -2.56. The first kappa shape index (κ1) is 23.5. The Kier molecular flexibility index (Phi) is 6.97. The molecule has 0 aromatic heterocycles. The van der Waals surface area contributed by atoms with E-state index in [0.717, 1.165) is 4.90 Å². The van der Waals surface area contributed by atoms with Crippen LogP contribution in [0.1, 0.15) is 11.1 Å². The number of benzene rings is 2. The van der Waals surface area contributed by atoms with Gasteiger partial charge in [-0.2, -0.15) is 14.3 Å². The number of nitrogens with one attached hydrogen (secondary N) is 1. The van der Waals surface area contributed by atoms with Gasteiger partial charge in [0.15, 0.2) is 23.3 Å². The Morgan fingerprint density at radius 2 is 1.88 bits per heavy atom. The summed E-state index contributed by atoms with van der Waals surface area (Å²) in [6, 6.07) is 10.6. The lowest BCUT2D eigenvalue weighted by atomic mass is 10.1. The second-order valence-electron chi connectivity index (χ2n) is 7.56. The molecular formula is C24H23FN3O5S+. The van der Waals surface area contributed by atoms with Crippen molar-refractivity contribution in [3.8, 4) is 11.5 Å². The largest absolute Gasteiger partial charge is 0.501 e. The van der Waals surface area contributed by atoms with Crippen LogP contribution in [0.4, 0.5) is 9.18 Å². The minimum absolute atomic E-state index is 0.155. The summed E-state index contributed by atoms with van der Waals surface area (Å²) in [6.45, 7) is -0.348. The van der Waals surface area contributed by atoms with Crippen molar-refractivity contribution in [1.29, 1.82) is 0 Å². The second kappa shape index (κ2) is 10.1. The Labute approximate surface area is 200 Å². The van der Waals surface area contributed by atoms with Crippen molar-refractivity contribution in [1.82, 2.24) is 10.2 Å². The molecule has 176 valence electrons. The number of halogens is 1. The fourth-order valence-electron chi connectivity index (χ4n) is 3.84. The highest BCUT2D eigenvalue weighted by Gasteiger charge is 2.49. The SMILES string of the molecule is COc1cccc(CNC(=O)C[N+]2=C3C=CSC3C(=O)N(Cc3ccccc3F)C2=O)c1OC. The van der Waals surface area contributed by atoms with Gasteiger partial charge in [0.25, 0.3) is 5.91 Å². The molecule has 0 radical (unpaired) electrons. The lowest BCUT2D eigenvalue weighted by Gasteiger charge is -2.24. The molecule has 2 aliphatic heterocycles. The predicted octanol–water partition coefficient (Wildman–Crippen LogP) is 2.70. The maximum Gasteiger partial charge on any atom is 0.501 e. The Morgan fingerprint density at radius 3 is 2.62 bits per heavy atom. The number of amides is 4. The molecule has 34 heavy (non-hydrogen) atoms. The van der Waals surface area contributed by atoms with Crippen molar-refractivity contribution < 1.29 is 32.8 Å². The van der Waals surface area contributed by atoms with Crippen LogP contribution in [0.5, 0.6) is 11.5 Å². The van der Waals surface area contributed by atoms with Gasteiger partial charge in [0.2, 0.25) is 0 Å². The highest BCUT2D eigenvalue weighted by Crippen LogP contribution is 2.31. The number of hydrogen-bond acceptors (Lipinski definition) is 6. The highest BCUT2D eigenvalue weighted by atomic mass is 32.2. The number of carbonyl (C=O) groups excluding carboxylic acids is 3. The molecule has 4 amide bonds. The third kappa shape index (κ3) is 4.54. The molecule has 0 saturated carbocycles. The summed E-state index contributed by atoms with van der Waals surface area (Å²) in [7, 11) is 3.04. The van der Waals surface area contributed by atoms with E-state index in [0.29, 0.717) is 22.8 Å². The molecule has 1 N–H and O–H groups in total. The van der Waals surface area contributed by atoms with Crippen molar-refractivity contribution >= 4 is 35.3 Å². The molecular weight excluding hydrogens is 461 g/mol. The third-order valence-electron chi connectivity index (χ3n) is 5.53. The van der Waals surface area contributed by atoms with Crippen LogP contribution in [-0.2, 0) is 22.7 Å². The Balaban J connectivity index is 1.52. The number of nitrogens with zero attached hydrogens (tertiary/aromatic N) is 2. The minimum atomic E-state index is -0.666. The monoisotopic (exact) mass is 484 g/mol. The molecule has 0 fully saturated rings. The summed E-state index contributed by atoms with van der Waals surface area (Å²) in [5.74, 6) is -0.322. The Hall–Kier alpha value is -3.66. The van der Waals surface area contributed by atoms with Crippen molar-refractivity contribution in [2.75, 3.05) is 20.8 Å². The van der Waals surface area contributed by atoms with Crippen molar-refractivity contribution in [2.24, 2.45) is 0 Å². The molecule has 0 aliphatic carbocycles. The summed E-state index contributed by atoms with van der Waals surface area (Å²) >= 11 is 1.25. The van der Waals surface area contributed by atoms with Crippen LogP contribution in [0.2, 0.25) is 0 Å². The summed E-state index contributed by atoms with van der Waals surface area (Å²) < 4.78 is 26.1. The van der Waals surface area contributed by atoms with Crippen LogP contribution in [0.25, 0.3) is 0 Å². The Bertz CT molecular complexity index is 1210. The fraction of sp³-hybridized carbons (Fsp3) is 0.250. The normalized spacial score (nSPS) is 17.1. The van der Waals surface area contributed by atoms with E-state index < -0.39 is 28.9 Å². The van der Waals surface area contributed by atoms with Crippen LogP contribution >= 0.6 is 11.8 Å². The number of hydrogen-bond donors (Lipinski definition) is 1. The van der Waals surface area contributed by atoms with Crippen molar-refractivity contribution in [2.45, 2.75) is 18.3 Å². The van der Waals surface area contributed by atoms with Crippen LogP contribution < -0.4 is 14.8 Å². The van der Waals surface area contributed by atoms with E-state index in [2.05, 4.69) is 5.32 Å². The fourth-order valence-corrected chi connectivity index (χ4v) is 4.80. The molecule has 4 rings (SSSR count). The first-order chi connectivity index (χ1) is 16.4. The molecule has 1 unspecified atom stereocenters. The smallest absolute Gasteiger partial charge is 0.493 e. The van der Waals surface area contributed by atoms with Gasteiger partial charge in [0.1, 0.15) is 18.1 Å². The van der Waals surface area contributed by atoms with E-state index >= 15 is 0 Å². The van der Waals surface area contributed by atoms with E-state index in [1.165, 1.54) is 48.8 Å². The summed E-state index contributed by atoms with van der Waals surface area (Å²) in [5, 5.41) is 3.84. The van der Waals surface area contributed by atoms with Crippen molar-refractivity contribution in [3.63, 3.8) is 0 Å². The van der Waals surface area contributed by atoms with E-state index in [9.17, 15) is 18.8 Å². The Morgan fingerprint density at radius 1 is 1.12 bits per heavy atom. The lowest BCUT2D eigenvalue weighted by molar-refractivity contribution is -0.427. The molecule has 0 saturated heterocycles. The van der Waals surface area contributed by atoms with Gasteiger partial charge in [0, 0.05) is 17.7 Å². The van der Waals surface area contributed by atoms with Crippen molar-refractivity contribution in [3.05, 3.63) is 70.9 Å². The van der Waals surface area contributed by atoms with Gasteiger partial charge in [0.05, 0.1) is 14.2 Å². The predicted molar refractivity (Wildman–Crippen MR) is 124 cm³/mol. The first-order valence-electron chi connectivity index (χ1n) is 10.5. The molecule has 1 atom stereocenters. The van der Waals surface area contributed by atoms with Gasteiger partial charge in [-0.15, -0.1) is 11.8 Å². The maximum absolute atomic E-state index is 14.2. The second-order valence-corrected chi connectivity index (χ2v) is 8.57. The van der Waals surface area contributed by atoms with Crippen LogP contribution in [0.15, 0.2) is 53.9 Å². The molecule has 2 heterocycles. The number of carbonyl (C=O) groups is 3. The zero-order chi connectivity index (χ0) is 24.2. The molecule has 0 bridgehead atoms. The first-order valence-corrected chi connectivity index (χ1v) is 11.4. The zero-order valence-corrected chi connectivity index (χ0v) is 19.4. The van der Waals surface area contributed by atoms with E-state index in [-0.39, 0.29) is 25.2 Å². The summed E-state index contributed by atoms with van der Waals surface area (Å²) in [4.78, 5) is 39.9. The average Bonchev–Trinajstić information content (AvgIpc) is 3.34. The minimum Gasteiger partial charge on any atom is -0.493 e. The van der Waals surface area contributed by atoms with Crippen LogP contribution in [0, 0.1) is 5.82 Å². The molecule has 2 aromatic carbocycles. The summed E-state index contributed by atoms with van der Waals surface area (Å²) in [6.07, 6.45) is 1.66. The maximum atomic E-state index is 14.2. The molecule has 0 spiro atoms. The quantitative estimate of drug-likeness (QED) is 0.580. The van der Waals surface area contributed by atoms with Gasteiger partial charge >= 0.3 is 11.9 Å². The number of methoxy groups -OCH3 is 2. The number of imide groups is 1. The molecule has 2 aliphatic rings. The van der Waals surface area contributed by atoms with Gasteiger partial charge in [-0.3, -0.25) is 4.79 Å². The molecule has 10 heteroatoms. The van der Waals surface area contributed by atoms with Gasteiger partial charge in [-0.25, -0.2) is 9.18 Å².